The van der Waals surface area contributed by atoms with Gasteiger partial charge in [0.1, 0.15) is 17.1 Å². The Bertz CT molecular complexity index is 1320. The maximum absolute atomic E-state index is 14.4. The van der Waals surface area contributed by atoms with Gasteiger partial charge in [-0.3, -0.25) is 9.88 Å². The molecule has 34 heavy (non-hydrogen) atoms. The fourth-order valence-corrected chi connectivity index (χ4v) is 6.14. The van der Waals surface area contributed by atoms with E-state index in [9.17, 15) is 4.39 Å². The van der Waals surface area contributed by atoms with Crippen LogP contribution in [0.4, 0.5) is 10.1 Å². The molecule has 2 aromatic carbocycles. The maximum Gasteiger partial charge on any atom is 0.134 e. The molecule has 0 amide bonds. The molecule has 5 nitrogen and oxygen atoms in total. The van der Waals surface area contributed by atoms with Crippen LogP contribution in [0.2, 0.25) is 0 Å². The van der Waals surface area contributed by atoms with Gasteiger partial charge in [0.2, 0.25) is 0 Å². The smallest absolute Gasteiger partial charge is 0.134 e. The van der Waals surface area contributed by atoms with Crippen molar-refractivity contribution in [3.8, 4) is 5.75 Å². The van der Waals surface area contributed by atoms with Crippen LogP contribution in [0.1, 0.15) is 37.7 Å². The maximum atomic E-state index is 14.4. The summed E-state index contributed by atoms with van der Waals surface area (Å²) >= 11 is 0. The second-order valence-corrected chi connectivity index (χ2v) is 9.58. The minimum Gasteiger partial charge on any atom is -0.497 e. The quantitative estimate of drug-likeness (QED) is 0.368. The number of halogens is 1. The Morgan fingerprint density at radius 2 is 1.82 bits per heavy atom. The van der Waals surface area contributed by atoms with Gasteiger partial charge in [-0.05, 0) is 49.2 Å². The zero-order valence-electron chi connectivity index (χ0n) is 19.6. The first kappa shape index (κ1) is 21.4. The summed E-state index contributed by atoms with van der Waals surface area (Å²) in [5.41, 5.74) is 3.93. The molecule has 2 fully saturated rings. The predicted octanol–water partition coefficient (Wildman–Crippen LogP) is 6.11. The third-order valence-corrected chi connectivity index (χ3v) is 7.84. The van der Waals surface area contributed by atoms with Gasteiger partial charge in [0.15, 0.2) is 0 Å². The molecule has 4 aromatic rings. The number of methoxy groups -OCH3 is 1. The number of aromatic nitrogens is 1. The third kappa shape index (κ3) is 3.52. The lowest BCUT2D eigenvalue weighted by atomic mass is 9.74. The van der Waals surface area contributed by atoms with E-state index in [1.165, 1.54) is 24.8 Å². The zero-order valence-corrected chi connectivity index (χ0v) is 19.6. The SMILES string of the molecule is COc1ccc2occ(C3(N4CCN(c5cc(F)cc6cccnc56)CC4)CCCCC3)c2c1. The molecule has 1 saturated heterocycles. The summed E-state index contributed by atoms with van der Waals surface area (Å²) in [5, 5.41) is 2.01. The molecule has 0 bridgehead atoms. The fraction of sp³-hybridized carbons (Fsp3) is 0.393. The molecule has 6 rings (SSSR count). The normalized spacial score (nSPS) is 19.1. The molecule has 0 spiro atoms. The van der Waals surface area contributed by atoms with Crippen LogP contribution in [0.3, 0.4) is 0 Å². The highest BCUT2D eigenvalue weighted by Crippen LogP contribution is 2.46. The lowest BCUT2D eigenvalue weighted by molar-refractivity contribution is 0.0422. The molecule has 2 aromatic heterocycles. The van der Waals surface area contributed by atoms with Crippen molar-refractivity contribution < 1.29 is 13.5 Å². The topological polar surface area (TPSA) is 41.7 Å². The van der Waals surface area contributed by atoms with Crippen LogP contribution < -0.4 is 9.64 Å². The summed E-state index contributed by atoms with van der Waals surface area (Å²) in [7, 11) is 1.71. The summed E-state index contributed by atoms with van der Waals surface area (Å²) in [6, 6.07) is 13.1. The average Bonchev–Trinajstić information content (AvgIpc) is 3.32. The number of rotatable bonds is 4. The highest BCUT2D eigenvalue weighted by atomic mass is 19.1. The Morgan fingerprint density at radius 3 is 2.62 bits per heavy atom. The van der Waals surface area contributed by atoms with E-state index in [4.69, 9.17) is 9.15 Å². The first-order valence-corrected chi connectivity index (χ1v) is 12.3. The van der Waals surface area contributed by atoms with Crippen molar-refractivity contribution in [3.63, 3.8) is 0 Å². The summed E-state index contributed by atoms with van der Waals surface area (Å²) in [5.74, 6) is 0.650. The van der Waals surface area contributed by atoms with Gasteiger partial charge < -0.3 is 14.1 Å². The molecule has 6 heteroatoms. The van der Waals surface area contributed by atoms with E-state index in [0.29, 0.717) is 0 Å². The van der Waals surface area contributed by atoms with Crippen molar-refractivity contribution in [2.75, 3.05) is 38.2 Å². The van der Waals surface area contributed by atoms with Gasteiger partial charge in [-0.15, -0.1) is 0 Å². The molecule has 0 N–H and O–H groups in total. The minimum absolute atomic E-state index is 0.0375. The van der Waals surface area contributed by atoms with Crippen LogP contribution >= 0.6 is 0 Å². The van der Waals surface area contributed by atoms with Crippen LogP contribution in [0.25, 0.3) is 21.9 Å². The van der Waals surface area contributed by atoms with Gasteiger partial charge in [0, 0.05) is 54.3 Å². The number of piperazine rings is 1. The second-order valence-electron chi connectivity index (χ2n) is 9.58. The second kappa shape index (κ2) is 8.58. The van der Waals surface area contributed by atoms with E-state index >= 15 is 0 Å². The number of nitrogens with zero attached hydrogens (tertiary/aromatic N) is 3. The number of ether oxygens (including phenoxy) is 1. The Kier molecular flexibility index (Phi) is 5.41. The van der Waals surface area contributed by atoms with E-state index in [2.05, 4.69) is 20.9 Å². The van der Waals surface area contributed by atoms with E-state index in [0.717, 1.165) is 72.3 Å². The number of anilines is 1. The number of hydrogen-bond donors (Lipinski definition) is 0. The van der Waals surface area contributed by atoms with E-state index < -0.39 is 0 Å². The standard InChI is InChI=1S/C28H30FN3O2/c1-33-22-7-8-26-23(18-22)24(19-34-26)28(9-3-2-4-10-28)32-14-12-31(13-15-32)25-17-21(29)16-20-6-5-11-30-27(20)25/h5-8,11,16-19H,2-4,9-10,12-15H2,1H3. The van der Waals surface area contributed by atoms with Crippen LogP contribution in [-0.4, -0.2) is 43.2 Å². The Balaban J connectivity index is 1.33. The van der Waals surface area contributed by atoms with Crippen molar-refractivity contribution in [2.45, 2.75) is 37.6 Å². The molecular weight excluding hydrogens is 429 g/mol. The van der Waals surface area contributed by atoms with Crippen LogP contribution in [0.5, 0.6) is 5.75 Å². The van der Waals surface area contributed by atoms with Gasteiger partial charge in [-0.25, -0.2) is 4.39 Å². The first-order valence-electron chi connectivity index (χ1n) is 12.3. The summed E-state index contributed by atoms with van der Waals surface area (Å²) < 4.78 is 25.9. The molecule has 0 radical (unpaired) electrons. The molecule has 0 unspecified atom stereocenters. The lowest BCUT2D eigenvalue weighted by Gasteiger charge is -2.50. The third-order valence-electron chi connectivity index (χ3n) is 7.84. The van der Waals surface area contributed by atoms with Gasteiger partial charge in [-0.1, -0.05) is 25.3 Å². The molecule has 0 atom stereocenters. The number of furan rings is 1. The zero-order chi connectivity index (χ0) is 23.1. The van der Waals surface area contributed by atoms with E-state index in [-0.39, 0.29) is 11.4 Å². The van der Waals surface area contributed by atoms with Crippen molar-refractivity contribution in [3.05, 3.63) is 66.3 Å². The predicted molar refractivity (Wildman–Crippen MR) is 133 cm³/mol. The molecule has 3 heterocycles. The number of pyridine rings is 1. The first-order chi connectivity index (χ1) is 16.7. The highest BCUT2D eigenvalue weighted by molar-refractivity contribution is 5.91. The van der Waals surface area contributed by atoms with Crippen molar-refractivity contribution in [1.29, 1.82) is 0 Å². The summed E-state index contributed by atoms with van der Waals surface area (Å²) in [6.07, 6.45) is 9.74. The number of fused-ring (bicyclic) bond motifs is 2. The van der Waals surface area contributed by atoms with Crippen LogP contribution in [-0.2, 0) is 5.54 Å². The van der Waals surface area contributed by atoms with Crippen LogP contribution in [0.15, 0.2) is 59.3 Å². The molecular formula is C28H30FN3O2. The molecule has 1 aliphatic carbocycles. The van der Waals surface area contributed by atoms with Gasteiger partial charge in [0.25, 0.3) is 0 Å². The lowest BCUT2D eigenvalue weighted by Crippen LogP contribution is -2.56. The van der Waals surface area contributed by atoms with Crippen molar-refractivity contribution in [1.82, 2.24) is 9.88 Å². The largest absolute Gasteiger partial charge is 0.497 e. The Morgan fingerprint density at radius 1 is 1.00 bits per heavy atom. The summed E-state index contributed by atoms with van der Waals surface area (Å²) in [4.78, 5) is 9.51. The Hall–Kier alpha value is -3.12. The minimum atomic E-state index is -0.208. The van der Waals surface area contributed by atoms with Crippen molar-refractivity contribution in [2.24, 2.45) is 0 Å². The Labute approximate surface area is 199 Å². The molecule has 1 saturated carbocycles. The monoisotopic (exact) mass is 459 g/mol. The van der Waals surface area contributed by atoms with Gasteiger partial charge in [0.05, 0.1) is 24.6 Å². The summed E-state index contributed by atoms with van der Waals surface area (Å²) in [6.45, 7) is 3.52. The number of hydrogen-bond acceptors (Lipinski definition) is 5. The fourth-order valence-electron chi connectivity index (χ4n) is 6.14. The van der Waals surface area contributed by atoms with E-state index in [1.54, 1.807) is 25.4 Å². The molecule has 2 aliphatic rings. The van der Waals surface area contributed by atoms with Crippen LogP contribution in [0, 0.1) is 5.82 Å². The van der Waals surface area contributed by atoms with E-state index in [1.807, 2.05) is 30.5 Å². The average molecular weight is 460 g/mol. The highest BCUT2D eigenvalue weighted by Gasteiger charge is 2.43. The van der Waals surface area contributed by atoms with Gasteiger partial charge in [-0.2, -0.15) is 0 Å². The number of benzene rings is 2. The molecule has 176 valence electrons. The van der Waals surface area contributed by atoms with Crippen molar-refractivity contribution >= 4 is 27.6 Å². The molecule has 1 aliphatic heterocycles. The van der Waals surface area contributed by atoms with Gasteiger partial charge >= 0.3 is 0 Å².